The molecule has 10 nitrogen and oxygen atoms in total. The van der Waals surface area contributed by atoms with Gasteiger partial charge in [0.05, 0.1) is 23.7 Å². The van der Waals surface area contributed by atoms with Crippen LogP contribution in [0.4, 0.5) is 14.6 Å². The van der Waals surface area contributed by atoms with Crippen LogP contribution in [0.15, 0.2) is 30.3 Å². The molecule has 7 heterocycles. The lowest BCUT2D eigenvalue weighted by molar-refractivity contribution is 0.0946. The summed E-state index contributed by atoms with van der Waals surface area (Å²) in [5.74, 6) is 2.59. The number of fused-ring (bicyclic) bond motifs is 7. The molecule has 2 bridgehead atoms. The van der Waals surface area contributed by atoms with E-state index in [1.165, 1.54) is 6.07 Å². The average Bonchev–Trinajstić information content (AvgIpc) is 3.68. The van der Waals surface area contributed by atoms with Crippen molar-refractivity contribution in [1.29, 1.82) is 0 Å². The molecule has 5 aliphatic rings. The number of benzene rings is 2. The van der Waals surface area contributed by atoms with Gasteiger partial charge in [-0.1, -0.05) is 18.1 Å². The first-order valence-corrected chi connectivity index (χ1v) is 16.2. The molecule has 0 spiro atoms. The molecule has 4 fully saturated rings. The summed E-state index contributed by atoms with van der Waals surface area (Å²) in [5, 5.41) is 15.9. The van der Waals surface area contributed by atoms with Crippen molar-refractivity contribution in [1.82, 2.24) is 25.2 Å². The molecule has 0 saturated carbocycles. The molecule has 9 rings (SSSR count). The van der Waals surface area contributed by atoms with Crippen molar-refractivity contribution in [2.24, 2.45) is 0 Å². The highest BCUT2D eigenvalue weighted by molar-refractivity contribution is 6.04. The van der Waals surface area contributed by atoms with Crippen LogP contribution in [0, 0.1) is 18.2 Å². The van der Waals surface area contributed by atoms with Gasteiger partial charge in [0.15, 0.2) is 5.82 Å². The van der Waals surface area contributed by atoms with Crippen molar-refractivity contribution in [3.05, 3.63) is 41.7 Å². The number of methoxy groups -OCH3 is 1. The topological polar surface area (TPSA) is 105 Å². The Kier molecular flexibility index (Phi) is 6.51. The van der Waals surface area contributed by atoms with Crippen molar-refractivity contribution < 1.29 is 28.1 Å². The molecule has 12 heteroatoms. The first kappa shape index (κ1) is 28.9. The summed E-state index contributed by atoms with van der Waals surface area (Å²) < 4.78 is 50.2. The summed E-state index contributed by atoms with van der Waals surface area (Å²) in [6.45, 7) is 2.24. The molecular weight excluding hydrogens is 606 g/mol. The number of aromatic hydroxyl groups is 1. The van der Waals surface area contributed by atoms with Gasteiger partial charge in [-0.05, 0) is 49.4 Å². The van der Waals surface area contributed by atoms with Gasteiger partial charge in [-0.2, -0.15) is 9.97 Å². The molecule has 6 atom stereocenters. The van der Waals surface area contributed by atoms with E-state index >= 15 is 4.39 Å². The largest absolute Gasteiger partial charge is 0.508 e. The second kappa shape index (κ2) is 10.6. The van der Waals surface area contributed by atoms with Crippen LogP contribution in [-0.4, -0.2) is 101 Å². The first-order valence-electron chi connectivity index (χ1n) is 16.2. The molecule has 0 aliphatic carbocycles. The normalized spacial score (nSPS) is 29.4. The van der Waals surface area contributed by atoms with E-state index in [0.29, 0.717) is 52.6 Å². The van der Waals surface area contributed by atoms with Crippen molar-refractivity contribution in [3.8, 4) is 41.2 Å². The Labute approximate surface area is 270 Å². The van der Waals surface area contributed by atoms with Gasteiger partial charge in [-0.15, -0.1) is 6.42 Å². The summed E-state index contributed by atoms with van der Waals surface area (Å²) in [5.41, 5.74) is 0.359. The van der Waals surface area contributed by atoms with Crippen molar-refractivity contribution >= 4 is 27.5 Å². The predicted octanol–water partition coefficient (Wildman–Crippen LogP) is 3.95. The third-order valence-electron chi connectivity index (χ3n) is 10.9. The molecule has 5 aliphatic heterocycles. The molecule has 47 heavy (non-hydrogen) atoms. The highest BCUT2D eigenvalue weighted by Gasteiger charge is 2.50. The zero-order valence-corrected chi connectivity index (χ0v) is 25.9. The zero-order valence-electron chi connectivity index (χ0n) is 25.9. The number of phenols is 1. The maximum atomic E-state index is 17.1. The number of hydrogen-bond donors (Lipinski definition) is 2. The van der Waals surface area contributed by atoms with Gasteiger partial charge in [0.1, 0.15) is 47.5 Å². The quantitative estimate of drug-likeness (QED) is 0.312. The molecule has 2 N–H and O–H groups in total. The van der Waals surface area contributed by atoms with E-state index in [4.69, 9.17) is 30.6 Å². The number of ether oxygens (including phenoxy) is 3. The molecule has 0 amide bonds. The fourth-order valence-electron chi connectivity index (χ4n) is 8.77. The number of alkyl halides is 1. The van der Waals surface area contributed by atoms with Crippen LogP contribution < -0.4 is 19.7 Å². The van der Waals surface area contributed by atoms with E-state index in [1.807, 2.05) is 0 Å². The number of phenolic OH excluding ortho intramolecular Hbond substituents is 1. The standard InChI is InChI=1S/C35H34F2N6O4/c1-3-18-6-4-7-19-10-21(44)11-22(27(18)19)30-29(37)31-28-32(41-34(40-31)47-17-35-8-5-9-42(35)14-20(36)13-35)43-15-24-26(45-2)12-23(38-24)25(43)16-46-33(28)39-30/h1,4,6-7,10-11,20,23-26,38,44H,5,8-9,12-17H2,2H3. The van der Waals surface area contributed by atoms with Gasteiger partial charge < -0.3 is 29.5 Å². The van der Waals surface area contributed by atoms with Crippen molar-refractivity contribution in [3.63, 3.8) is 0 Å². The lowest BCUT2D eigenvalue weighted by atomic mass is 9.95. The summed E-state index contributed by atoms with van der Waals surface area (Å²) in [6, 6.07) is 8.37. The molecule has 6 unspecified atom stereocenters. The van der Waals surface area contributed by atoms with Gasteiger partial charge >= 0.3 is 6.01 Å². The second-order valence-corrected chi connectivity index (χ2v) is 13.5. The first-order chi connectivity index (χ1) is 22.9. The monoisotopic (exact) mass is 640 g/mol. The molecule has 0 radical (unpaired) electrons. The Morgan fingerprint density at radius 1 is 1.19 bits per heavy atom. The predicted molar refractivity (Wildman–Crippen MR) is 171 cm³/mol. The highest BCUT2D eigenvalue weighted by atomic mass is 19.1. The summed E-state index contributed by atoms with van der Waals surface area (Å²) in [6.07, 6.45) is 7.93. The average molecular weight is 641 g/mol. The Morgan fingerprint density at radius 3 is 2.94 bits per heavy atom. The number of halogens is 2. The van der Waals surface area contributed by atoms with E-state index < -0.39 is 17.5 Å². The van der Waals surface area contributed by atoms with E-state index in [-0.39, 0.29) is 66.3 Å². The summed E-state index contributed by atoms with van der Waals surface area (Å²) >= 11 is 0. The van der Waals surface area contributed by atoms with Crippen LogP contribution in [-0.2, 0) is 4.74 Å². The third kappa shape index (κ3) is 4.36. The van der Waals surface area contributed by atoms with E-state index in [9.17, 15) is 9.50 Å². The maximum absolute atomic E-state index is 17.1. The smallest absolute Gasteiger partial charge is 0.319 e. The van der Waals surface area contributed by atoms with Crippen molar-refractivity contribution in [2.75, 3.05) is 44.9 Å². The SMILES string of the molecule is C#Cc1cccc2cc(O)cc(-c3nc4c5c(nc(OCC67CCCN6CC(F)C7)nc5c3F)N3CC5NC(CC5OC)C3CO4)c12. The third-order valence-corrected chi connectivity index (χ3v) is 10.9. The van der Waals surface area contributed by atoms with Crippen LogP contribution in [0.2, 0.25) is 0 Å². The fourth-order valence-corrected chi connectivity index (χ4v) is 8.77. The van der Waals surface area contributed by atoms with E-state index in [0.717, 1.165) is 25.8 Å². The number of terminal acetylenes is 1. The minimum absolute atomic E-state index is 0.00919. The highest BCUT2D eigenvalue weighted by Crippen LogP contribution is 2.45. The Morgan fingerprint density at radius 2 is 2.09 bits per heavy atom. The number of nitrogens with one attached hydrogen (secondary N) is 1. The minimum Gasteiger partial charge on any atom is -0.508 e. The van der Waals surface area contributed by atoms with Gasteiger partial charge in [0.25, 0.3) is 0 Å². The maximum Gasteiger partial charge on any atom is 0.319 e. The van der Waals surface area contributed by atoms with Crippen molar-refractivity contribution in [2.45, 2.75) is 61.6 Å². The van der Waals surface area contributed by atoms with Gasteiger partial charge in [-0.3, -0.25) is 4.90 Å². The Hall–Kier alpha value is -4.31. The molecule has 2 aromatic heterocycles. The van der Waals surface area contributed by atoms with Crippen LogP contribution in [0.3, 0.4) is 0 Å². The minimum atomic E-state index is -0.914. The Bertz CT molecular complexity index is 1990. The van der Waals surface area contributed by atoms with Gasteiger partial charge in [0, 0.05) is 49.2 Å². The lowest BCUT2D eigenvalue weighted by Crippen LogP contribution is -2.60. The second-order valence-electron chi connectivity index (χ2n) is 13.5. The number of pyridine rings is 1. The Balaban J connectivity index is 1.23. The summed E-state index contributed by atoms with van der Waals surface area (Å²) in [4.78, 5) is 18.6. The number of aromatic nitrogens is 3. The summed E-state index contributed by atoms with van der Waals surface area (Å²) in [7, 11) is 1.72. The molecule has 242 valence electrons. The molecule has 4 saturated heterocycles. The number of piperazine rings is 1. The number of anilines is 1. The number of hydrogen-bond acceptors (Lipinski definition) is 10. The van der Waals surface area contributed by atoms with Crippen LogP contribution in [0.1, 0.15) is 31.2 Å². The van der Waals surface area contributed by atoms with E-state index in [1.54, 1.807) is 31.4 Å². The molecular formula is C35H34F2N6O4. The number of rotatable bonds is 5. The number of nitrogens with zero attached hydrogens (tertiary/aromatic N) is 5. The van der Waals surface area contributed by atoms with Gasteiger partial charge in [0.2, 0.25) is 5.88 Å². The van der Waals surface area contributed by atoms with Crippen LogP contribution in [0.5, 0.6) is 17.6 Å². The lowest BCUT2D eigenvalue weighted by Gasteiger charge is -2.40. The fraction of sp³-hybridized carbons (Fsp3) is 0.457. The van der Waals surface area contributed by atoms with E-state index in [2.05, 4.69) is 26.0 Å². The molecule has 4 aromatic rings. The van der Waals surface area contributed by atoms with Crippen LogP contribution in [0.25, 0.3) is 32.9 Å². The molecule has 2 aromatic carbocycles. The van der Waals surface area contributed by atoms with Crippen LogP contribution >= 0.6 is 0 Å². The zero-order chi connectivity index (χ0) is 32.0. The van der Waals surface area contributed by atoms with Gasteiger partial charge in [-0.25, -0.2) is 13.8 Å².